The van der Waals surface area contributed by atoms with Crippen LogP contribution in [0.3, 0.4) is 0 Å². The van der Waals surface area contributed by atoms with Gasteiger partial charge in [0, 0.05) is 6.42 Å². The number of hydrogen-bond donors (Lipinski definition) is 0. The molecule has 0 aliphatic carbocycles. The van der Waals surface area contributed by atoms with E-state index in [1.807, 2.05) is 42.5 Å². The molecule has 0 saturated carbocycles. The largest absolute Gasteiger partial charge is 0.483 e. The predicted molar refractivity (Wildman–Crippen MR) is 76.5 cm³/mol. The van der Waals surface area contributed by atoms with Crippen LogP contribution in [-0.2, 0) is 11.2 Å². The number of ether oxygens (including phenoxy) is 1. The molecule has 2 heteroatoms. The molecule has 0 heterocycles. The Labute approximate surface area is 114 Å². The number of para-hydroxylation sites is 1. The van der Waals surface area contributed by atoms with Crippen LogP contribution in [-0.4, -0.2) is 11.9 Å². The van der Waals surface area contributed by atoms with Crippen molar-refractivity contribution >= 4 is 5.78 Å². The van der Waals surface area contributed by atoms with Crippen LogP contribution in [0.5, 0.6) is 5.75 Å². The van der Waals surface area contributed by atoms with Crippen molar-refractivity contribution in [1.29, 1.82) is 0 Å². The van der Waals surface area contributed by atoms with Crippen LogP contribution in [0.2, 0.25) is 0 Å². The van der Waals surface area contributed by atoms with E-state index < -0.39 is 6.10 Å². The number of ketones is 1. The molecule has 2 nitrogen and oxygen atoms in total. The lowest BCUT2D eigenvalue weighted by atomic mass is 10.0. The number of carbonyl (C=O) groups is 1. The molecule has 98 valence electrons. The van der Waals surface area contributed by atoms with Gasteiger partial charge in [-0.25, -0.2) is 0 Å². The number of Topliss-reactive ketones (excluding diaryl/α,β-unsaturated/α-hetero) is 1. The fourth-order valence-electron chi connectivity index (χ4n) is 1.85. The molecule has 2 aromatic rings. The SMILES string of the molecule is CC(=O)[C@@H](C)Oc1ccccc1Cc1ccccc1. The molecule has 0 aliphatic rings. The molecule has 0 aliphatic heterocycles. The average Bonchev–Trinajstić information content (AvgIpc) is 2.42. The maximum Gasteiger partial charge on any atom is 0.169 e. The lowest BCUT2D eigenvalue weighted by Gasteiger charge is -2.15. The molecule has 19 heavy (non-hydrogen) atoms. The molecule has 0 saturated heterocycles. The fourth-order valence-corrected chi connectivity index (χ4v) is 1.85. The third-order valence-electron chi connectivity index (χ3n) is 3.09. The highest BCUT2D eigenvalue weighted by atomic mass is 16.5. The zero-order chi connectivity index (χ0) is 13.7. The molecule has 0 fully saturated rings. The first kappa shape index (κ1) is 13.3. The molecular formula is C17H18O2. The minimum Gasteiger partial charge on any atom is -0.483 e. The van der Waals surface area contributed by atoms with E-state index in [0.29, 0.717) is 0 Å². The van der Waals surface area contributed by atoms with E-state index >= 15 is 0 Å². The molecule has 0 aromatic heterocycles. The Morgan fingerprint density at radius 1 is 1.05 bits per heavy atom. The van der Waals surface area contributed by atoms with Crippen LogP contribution >= 0.6 is 0 Å². The van der Waals surface area contributed by atoms with Gasteiger partial charge in [-0.2, -0.15) is 0 Å². The van der Waals surface area contributed by atoms with Crippen LogP contribution < -0.4 is 4.74 Å². The van der Waals surface area contributed by atoms with Crippen LogP contribution in [0, 0.1) is 0 Å². The first-order chi connectivity index (χ1) is 9.16. The lowest BCUT2D eigenvalue weighted by molar-refractivity contribution is -0.122. The molecular weight excluding hydrogens is 236 g/mol. The summed E-state index contributed by atoms with van der Waals surface area (Å²) in [5.41, 5.74) is 2.33. The minimum absolute atomic E-state index is 0.0366. The number of carbonyl (C=O) groups excluding carboxylic acids is 1. The van der Waals surface area contributed by atoms with Crippen molar-refractivity contribution in [2.75, 3.05) is 0 Å². The van der Waals surface area contributed by atoms with E-state index in [4.69, 9.17) is 4.74 Å². The molecule has 0 N–H and O–H groups in total. The van der Waals surface area contributed by atoms with Crippen molar-refractivity contribution in [2.24, 2.45) is 0 Å². The Kier molecular flexibility index (Phi) is 4.35. The van der Waals surface area contributed by atoms with Crippen molar-refractivity contribution in [3.8, 4) is 5.75 Å². The van der Waals surface area contributed by atoms with Crippen molar-refractivity contribution in [1.82, 2.24) is 0 Å². The van der Waals surface area contributed by atoms with Crippen LogP contribution in [0.1, 0.15) is 25.0 Å². The number of rotatable bonds is 5. The summed E-state index contributed by atoms with van der Waals surface area (Å²) in [4.78, 5) is 11.3. The minimum atomic E-state index is -0.406. The Balaban J connectivity index is 2.19. The predicted octanol–water partition coefficient (Wildman–Crippen LogP) is 3.63. The highest BCUT2D eigenvalue weighted by Crippen LogP contribution is 2.22. The van der Waals surface area contributed by atoms with E-state index in [9.17, 15) is 4.79 Å². The van der Waals surface area contributed by atoms with Crippen LogP contribution in [0.15, 0.2) is 54.6 Å². The Morgan fingerprint density at radius 2 is 1.68 bits per heavy atom. The summed E-state index contributed by atoms with van der Waals surface area (Å²) < 4.78 is 5.73. The summed E-state index contributed by atoms with van der Waals surface area (Å²) in [6.07, 6.45) is 0.402. The molecule has 0 amide bonds. The summed E-state index contributed by atoms with van der Waals surface area (Å²) in [5, 5.41) is 0. The smallest absolute Gasteiger partial charge is 0.169 e. The van der Waals surface area contributed by atoms with Gasteiger partial charge in [-0.05, 0) is 31.0 Å². The van der Waals surface area contributed by atoms with Gasteiger partial charge in [0.05, 0.1) is 0 Å². The van der Waals surface area contributed by atoms with Gasteiger partial charge in [0.25, 0.3) is 0 Å². The topological polar surface area (TPSA) is 26.3 Å². The summed E-state index contributed by atoms with van der Waals surface area (Å²) in [7, 11) is 0. The van der Waals surface area contributed by atoms with Crippen molar-refractivity contribution in [2.45, 2.75) is 26.4 Å². The van der Waals surface area contributed by atoms with E-state index in [-0.39, 0.29) is 5.78 Å². The zero-order valence-corrected chi connectivity index (χ0v) is 11.3. The average molecular weight is 254 g/mol. The maximum absolute atomic E-state index is 11.3. The van der Waals surface area contributed by atoms with Crippen molar-refractivity contribution in [3.05, 3.63) is 65.7 Å². The second-order valence-electron chi connectivity index (χ2n) is 4.64. The van der Waals surface area contributed by atoms with Gasteiger partial charge in [-0.1, -0.05) is 48.5 Å². The van der Waals surface area contributed by atoms with Crippen LogP contribution in [0.25, 0.3) is 0 Å². The number of hydrogen-bond acceptors (Lipinski definition) is 2. The van der Waals surface area contributed by atoms with Crippen molar-refractivity contribution < 1.29 is 9.53 Å². The molecule has 2 aromatic carbocycles. The number of benzene rings is 2. The third kappa shape index (κ3) is 3.68. The summed E-state index contributed by atoms with van der Waals surface area (Å²) in [5.74, 6) is 0.823. The summed E-state index contributed by atoms with van der Waals surface area (Å²) in [6.45, 7) is 3.33. The Morgan fingerprint density at radius 3 is 2.37 bits per heavy atom. The summed E-state index contributed by atoms with van der Waals surface area (Å²) >= 11 is 0. The second kappa shape index (κ2) is 6.19. The summed E-state index contributed by atoms with van der Waals surface area (Å²) in [6, 6.07) is 18.1. The molecule has 1 atom stereocenters. The zero-order valence-electron chi connectivity index (χ0n) is 11.3. The monoisotopic (exact) mass is 254 g/mol. The molecule has 0 radical (unpaired) electrons. The van der Waals surface area contributed by atoms with Crippen molar-refractivity contribution in [3.63, 3.8) is 0 Å². The quantitative estimate of drug-likeness (QED) is 0.814. The second-order valence-corrected chi connectivity index (χ2v) is 4.64. The van der Waals surface area contributed by atoms with E-state index in [2.05, 4.69) is 12.1 Å². The van der Waals surface area contributed by atoms with E-state index in [1.54, 1.807) is 13.8 Å². The Hall–Kier alpha value is -2.09. The van der Waals surface area contributed by atoms with Gasteiger partial charge in [-0.15, -0.1) is 0 Å². The van der Waals surface area contributed by atoms with E-state index in [1.165, 1.54) is 5.56 Å². The Bertz CT molecular complexity index is 546. The van der Waals surface area contributed by atoms with Crippen LogP contribution in [0.4, 0.5) is 0 Å². The molecule has 2 rings (SSSR count). The highest BCUT2D eigenvalue weighted by molar-refractivity contribution is 5.80. The standard InChI is InChI=1S/C17H18O2/c1-13(18)14(2)19-17-11-7-6-10-16(17)12-15-8-4-3-5-9-15/h3-11,14H,12H2,1-2H3/t14-/m1/s1. The molecule has 0 unspecified atom stereocenters. The van der Waals surface area contributed by atoms with Gasteiger partial charge in [0.15, 0.2) is 11.9 Å². The van der Waals surface area contributed by atoms with Gasteiger partial charge in [-0.3, -0.25) is 4.79 Å². The van der Waals surface area contributed by atoms with Gasteiger partial charge in [0.1, 0.15) is 5.75 Å². The third-order valence-corrected chi connectivity index (χ3v) is 3.09. The van der Waals surface area contributed by atoms with E-state index in [0.717, 1.165) is 17.7 Å². The first-order valence-electron chi connectivity index (χ1n) is 6.46. The normalized spacial score (nSPS) is 11.9. The maximum atomic E-state index is 11.3. The van der Waals surface area contributed by atoms with Gasteiger partial charge < -0.3 is 4.74 Å². The fraction of sp³-hybridized carbons (Fsp3) is 0.235. The molecule has 0 spiro atoms. The highest BCUT2D eigenvalue weighted by Gasteiger charge is 2.11. The lowest BCUT2D eigenvalue weighted by Crippen LogP contribution is -2.21. The van der Waals surface area contributed by atoms with Gasteiger partial charge >= 0.3 is 0 Å². The first-order valence-corrected chi connectivity index (χ1v) is 6.46. The molecule has 0 bridgehead atoms. The van der Waals surface area contributed by atoms with Gasteiger partial charge in [0.2, 0.25) is 0 Å².